The summed E-state index contributed by atoms with van der Waals surface area (Å²) in [5, 5.41) is 4.87. The monoisotopic (exact) mass is 382 g/mol. The van der Waals surface area contributed by atoms with E-state index in [2.05, 4.69) is 68.7 Å². The summed E-state index contributed by atoms with van der Waals surface area (Å²) >= 11 is 0. The van der Waals surface area contributed by atoms with Crippen molar-refractivity contribution < 1.29 is 9.47 Å². The summed E-state index contributed by atoms with van der Waals surface area (Å²) in [4.78, 5) is 0. The van der Waals surface area contributed by atoms with Crippen molar-refractivity contribution in [1.29, 1.82) is 0 Å². The van der Waals surface area contributed by atoms with E-state index in [1.807, 2.05) is 6.07 Å². The number of hydrogen-bond acceptors (Lipinski definition) is 2. The Kier molecular flexibility index (Phi) is 5.17. The minimum Gasteiger partial charge on any atom is -0.497 e. The van der Waals surface area contributed by atoms with Crippen LogP contribution < -0.4 is 14.7 Å². The lowest BCUT2D eigenvalue weighted by Gasteiger charge is -2.29. The van der Waals surface area contributed by atoms with Crippen LogP contribution in [0.2, 0.25) is 32.2 Å². The molecule has 0 unspecified atom stereocenters. The van der Waals surface area contributed by atoms with Gasteiger partial charge < -0.3 is 9.47 Å². The first-order valence-electron chi connectivity index (χ1n) is 9.32. The van der Waals surface area contributed by atoms with E-state index in [0.717, 1.165) is 11.5 Å². The van der Waals surface area contributed by atoms with Crippen LogP contribution in [0.15, 0.2) is 53.7 Å². The van der Waals surface area contributed by atoms with Crippen molar-refractivity contribution in [2.75, 3.05) is 14.2 Å². The molecule has 1 aliphatic heterocycles. The van der Waals surface area contributed by atoms with Crippen LogP contribution in [0.5, 0.6) is 11.5 Å². The van der Waals surface area contributed by atoms with Gasteiger partial charge >= 0.3 is 0 Å². The van der Waals surface area contributed by atoms with Crippen LogP contribution >= 0.6 is 0 Å². The molecule has 0 N–H and O–H groups in total. The highest BCUT2D eigenvalue weighted by Gasteiger charge is 2.42. The topological polar surface area (TPSA) is 18.5 Å². The van der Waals surface area contributed by atoms with E-state index >= 15 is 0 Å². The SMILES string of the molecule is COc1cc(OC)cc(C2=C([Si](C)(C)c3ccccc3)CC[Si]2(C)C)c1. The molecule has 2 aromatic rings. The predicted molar refractivity (Wildman–Crippen MR) is 117 cm³/mol. The quantitative estimate of drug-likeness (QED) is 0.656. The average Bonchev–Trinajstić information content (AvgIpc) is 2.97. The molecule has 138 valence electrons. The predicted octanol–water partition coefficient (Wildman–Crippen LogP) is 5.26. The summed E-state index contributed by atoms with van der Waals surface area (Å²) in [5.41, 5.74) is 1.31. The maximum atomic E-state index is 5.55. The Morgan fingerprint density at radius 3 is 2.00 bits per heavy atom. The van der Waals surface area contributed by atoms with Gasteiger partial charge in [0.15, 0.2) is 0 Å². The van der Waals surface area contributed by atoms with Crippen LogP contribution in [0.3, 0.4) is 0 Å². The van der Waals surface area contributed by atoms with Crippen molar-refractivity contribution in [3.05, 3.63) is 59.3 Å². The van der Waals surface area contributed by atoms with E-state index < -0.39 is 16.1 Å². The molecule has 0 aromatic heterocycles. The number of rotatable bonds is 5. The highest BCUT2D eigenvalue weighted by Crippen LogP contribution is 2.46. The van der Waals surface area contributed by atoms with Crippen molar-refractivity contribution >= 4 is 26.5 Å². The zero-order chi connectivity index (χ0) is 18.9. The summed E-state index contributed by atoms with van der Waals surface area (Å²) in [6.45, 7) is 10.0. The first kappa shape index (κ1) is 19.0. The second kappa shape index (κ2) is 7.08. The van der Waals surface area contributed by atoms with Crippen LogP contribution in [0.4, 0.5) is 0 Å². The summed E-state index contributed by atoms with van der Waals surface area (Å²) in [5.74, 6) is 1.75. The van der Waals surface area contributed by atoms with Gasteiger partial charge in [-0.2, -0.15) is 0 Å². The fourth-order valence-corrected chi connectivity index (χ4v) is 12.4. The molecule has 1 aliphatic rings. The Hall–Kier alpha value is -1.79. The van der Waals surface area contributed by atoms with Gasteiger partial charge in [0.25, 0.3) is 0 Å². The Morgan fingerprint density at radius 1 is 0.885 bits per heavy atom. The molecule has 0 spiro atoms. The van der Waals surface area contributed by atoms with E-state index in [1.54, 1.807) is 24.6 Å². The molecule has 0 atom stereocenters. The van der Waals surface area contributed by atoms with Crippen molar-refractivity contribution in [2.24, 2.45) is 0 Å². The van der Waals surface area contributed by atoms with Gasteiger partial charge in [0.1, 0.15) is 19.6 Å². The summed E-state index contributed by atoms with van der Waals surface area (Å²) in [7, 11) is 0.272. The minimum absolute atomic E-state index is 0.877. The Balaban J connectivity index is 2.22. The molecule has 4 heteroatoms. The van der Waals surface area contributed by atoms with Gasteiger partial charge in [-0.15, -0.1) is 0 Å². The molecule has 0 saturated carbocycles. The zero-order valence-corrected chi connectivity index (χ0v) is 18.8. The van der Waals surface area contributed by atoms with E-state index in [1.165, 1.54) is 23.2 Å². The second-order valence-electron chi connectivity index (χ2n) is 8.33. The number of methoxy groups -OCH3 is 2. The first-order chi connectivity index (χ1) is 12.3. The van der Waals surface area contributed by atoms with Crippen LogP contribution in [-0.2, 0) is 0 Å². The maximum absolute atomic E-state index is 5.55. The Bertz CT molecular complexity index is 801. The molecular weight excluding hydrogens is 352 g/mol. The number of hydrogen-bond donors (Lipinski definition) is 0. The van der Waals surface area contributed by atoms with Gasteiger partial charge in [-0.1, -0.05) is 78.1 Å². The van der Waals surface area contributed by atoms with E-state index in [-0.39, 0.29) is 0 Å². The van der Waals surface area contributed by atoms with Gasteiger partial charge in [-0.05, 0) is 24.1 Å². The molecule has 0 fully saturated rings. The summed E-state index contributed by atoms with van der Waals surface area (Å²) in [6, 6.07) is 18.8. The van der Waals surface area contributed by atoms with Crippen LogP contribution in [0.25, 0.3) is 5.20 Å². The van der Waals surface area contributed by atoms with Crippen LogP contribution in [0, 0.1) is 0 Å². The average molecular weight is 383 g/mol. The fraction of sp³-hybridized carbons (Fsp3) is 0.364. The molecule has 0 saturated heterocycles. The third kappa shape index (κ3) is 3.40. The van der Waals surface area contributed by atoms with Crippen molar-refractivity contribution in [3.8, 4) is 11.5 Å². The molecular formula is C22H30O2Si2. The Labute approximate surface area is 159 Å². The van der Waals surface area contributed by atoms with E-state index in [4.69, 9.17) is 9.47 Å². The normalized spacial score (nSPS) is 16.7. The molecule has 3 rings (SSSR count). The van der Waals surface area contributed by atoms with E-state index in [9.17, 15) is 0 Å². The largest absolute Gasteiger partial charge is 0.497 e. The third-order valence-corrected chi connectivity index (χ3v) is 13.3. The van der Waals surface area contributed by atoms with Gasteiger partial charge in [0, 0.05) is 6.07 Å². The molecule has 0 radical (unpaired) electrons. The smallest absolute Gasteiger partial charge is 0.123 e. The standard InChI is InChI=1S/C22H30O2Si2/c1-23-18-14-17(15-19(16-18)24-2)22-21(12-13-25(22,3)4)26(5,6)20-10-8-7-9-11-20/h7-11,14-16H,12-13H2,1-6H3. The molecule has 0 amide bonds. The molecule has 2 nitrogen and oxygen atoms in total. The lowest BCUT2D eigenvalue weighted by atomic mass is 10.1. The number of allylic oxidation sites excluding steroid dienone is 1. The van der Waals surface area contributed by atoms with Crippen molar-refractivity contribution in [2.45, 2.75) is 38.7 Å². The highest BCUT2D eigenvalue weighted by molar-refractivity contribution is 7.04. The molecule has 26 heavy (non-hydrogen) atoms. The molecule has 0 bridgehead atoms. The highest BCUT2D eigenvalue weighted by atomic mass is 28.3. The lowest BCUT2D eigenvalue weighted by Crippen LogP contribution is -2.44. The van der Waals surface area contributed by atoms with Crippen molar-refractivity contribution in [3.63, 3.8) is 0 Å². The van der Waals surface area contributed by atoms with E-state index in [0.29, 0.717) is 0 Å². The maximum Gasteiger partial charge on any atom is 0.123 e. The molecule has 0 aliphatic carbocycles. The molecule has 1 heterocycles. The summed E-state index contributed by atoms with van der Waals surface area (Å²) in [6.07, 6.45) is 1.24. The Morgan fingerprint density at radius 2 is 1.46 bits per heavy atom. The third-order valence-electron chi connectivity index (χ3n) is 5.87. The first-order valence-corrected chi connectivity index (χ1v) is 15.5. The zero-order valence-electron chi connectivity index (χ0n) is 16.8. The van der Waals surface area contributed by atoms with Crippen LogP contribution in [0.1, 0.15) is 12.0 Å². The second-order valence-corrected chi connectivity index (χ2v) is 17.5. The number of benzene rings is 2. The van der Waals surface area contributed by atoms with Gasteiger partial charge in [-0.3, -0.25) is 0 Å². The lowest BCUT2D eigenvalue weighted by molar-refractivity contribution is 0.394. The number of ether oxygens (including phenoxy) is 2. The minimum atomic E-state index is -1.70. The van der Waals surface area contributed by atoms with Gasteiger partial charge in [-0.25, -0.2) is 0 Å². The van der Waals surface area contributed by atoms with Crippen LogP contribution in [-0.4, -0.2) is 30.4 Å². The van der Waals surface area contributed by atoms with Gasteiger partial charge in [0.05, 0.1) is 22.3 Å². The summed E-state index contributed by atoms with van der Waals surface area (Å²) < 4.78 is 11.1. The van der Waals surface area contributed by atoms with Crippen molar-refractivity contribution in [1.82, 2.24) is 0 Å². The molecule has 2 aromatic carbocycles. The van der Waals surface area contributed by atoms with Gasteiger partial charge in [0.2, 0.25) is 0 Å². The fourth-order valence-electron chi connectivity index (χ4n) is 4.27.